The number of ether oxygens (including phenoxy) is 1. The van der Waals surface area contributed by atoms with Crippen LogP contribution in [-0.2, 0) is 6.18 Å². The van der Waals surface area contributed by atoms with E-state index in [0.717, 1.165) is 6.07 Å². The highest BCUT2D eigenvalue weighted by atomic mass is 19.4. The van der Waals surface area contributed by atoms with Crippen LogP contribution < -0.4 is 4.74 Å². The highest BCUT2D eigenvalue weighted by Crippen LogP contribution is 2.36. The van der Waals surface area contributed by atoms with Crippen molar-refractivity contribution in [3.8, 4) is 22.8 Å². The summed E-state index contributed by atoms with van der Waals surface area (Å²) in [6.07, 6.45) is -3.06. The Morgan fingerprint density at radius 2 is 1.89 bits per heavy atom. The minimum absolute atomic E-state index is 0.281. The van der Waals surface area contributed by atoms with E-state index in [9.17, 15) is 18.3 Å². The fourth-order valence-electron chi connectivity index (χ4n) is 1.61. The molecule has 0 amide bonds. The molecule has 2 rings (SSSR count). The molecule has 0 aliphatic heterocycles. The molecule has 1 aromatic heterocycles. The average molecular weight is 269 g/mol. The molecule has 0 radical (unpaired) electrons. The first-order chi connectivity index (χ1) is 8.91. The minimum Gasteiger partial charge on any atom is -0.507 e. The number of benzene rings is 1. The van der Waals surface area contributed by atoms with Crippen LogP contribution in [0.4, 0.5) is 13.2 Å². The van der Waals surface area contributed by atoms with Gasteiger partial charge in [-0.3, -0.25) is 0 Å². The third kappa shape index (κ3) is 2.78. The van der Waals surface area contributed by atoms with Gasteiger partial charge in [0, 0.05) is 23.4 Å². The van der Waals surface area contributed by atoms with Crippen LogP contribution in [0.1, 0.15) is 5.56 Å². The van der Waals surface area contributed by atoms with Gasteiger partial charge in [0.2, 0.25) is 5.88 Å². The van der Waals surface area contributed by atoms with Gasteiger partial charge in [-0.2, -0.15) is 13.2 Å². The molecule has 0 spiro atoms. The number of rotatable bonds is 2. The number of hydrogen-bond acceptors (Lipinski definition) is 3. The first-order valence-electron chi connectivity index (χ1n) is 5.32. The van der Waals surface area contributed by atoms with Gasteiger partial charge in [-0.15, -0.1) is 0 Å². The number of hydrogen-bond donors (Lipinski definition) is 1. The summed E-state index contributed by atoms with van der Waals surface area (Å²) < 4.78 is 42.3. The maximum Gasteiger partial charge on any atom is 0.416 e. The molecule has 0 saturated heterocycles. The van der Waals surface area contributed by atoms with Crippen LogP contribution in [0.25, 0.3) is 11.1 Å². The van der Waals surface area contributed by atoms with Gasteiger partial charge >= 0.3 is 6.18 Å². The molecule has 0 unspecified atom stereocenters. The number of methoxy groups -OCH3 is 1. The average Bonchev–Trinajstić information content (AvgIpc) is 2.38. The van der Waals surface area contributed by atoms with E-state index < -0.39 is 17.5 Å². The van der Waals surface area contributed by atoms with Gasteiger partial charge in [0.15, 0.2) is 0 Å². The summed E-state index contributed by atoms with van der Waals surface area (Å²) in [5, 5.41) is 9.68. The number of pyridine rings is 1. The van der Waals surface area contributed by atoms with Crippen LogP contribution >= 0.6 is 0 Å². The van der Waals surface area contributed by atoms with Crippen molar-refractivity contribution >= 4 is 0 Å². The van der Waals surface area contributed by atoms with Crippen LogP contribution in [0.5, 0.6) is 11.6 Å². The van der Waals surface area contributed by atoms with Crippen molar-refractivity contribution in [3.63, 3.8) is 0 Å². The lowest BCUT2D eigenvalue weighted by Crippen LogP contribution is -2.04. The predicted molar refractivity (Wildman–Crippen MR) is 62.9 cm³/mol. The lowest BCUT2D eigenvalue weighted by molar-refractivity contribution is -0.137. The molecule has 100 valence electrons. The molecule has 19 heavy (non-hydrogen) atoms. The van der Waals surface area contributed by atoms with Gasteiger partial charge in [-0.1, -0.05) is 6.07 Å². The van der Waals surface area contributed by atoms with E-state index in [1.807, 2.05) is 0 Å². The van der Waals surface area contributed by atoms with Gasteiger partial charge < -0.3 is 9.84 Å². The van der Waals surface area contributed by atoms with Crippen molar-refractivity contribution < 1.29 is 23.0 Å². The van der Waals surface area contributed by atoms with E-state index in [2.05, 4.69) is 4.98 Å². The zero-order chi connectivity index (χ0) is 14.0. The maximum atomic E-state index is 12.5. The lowest BCUT2D eigenvalue weighted by atomic mass is 10.0. The number of halogens is 3. The molecule has 0 aliphatic carbocycles. The molecule has 0 aliphatic rings. The monoisotopic (exact) mass is 269 g/mol. The number of phenolic OH excluding ortho intramolecular Hbond substituents is 1. The normalized spacial score (nSPS) is 11.4. The van der Waals surface area contributed by atoms with E-state index in [1.54, 1.807) is 12.1 Å². The first-order valence-corrected chi connectivity index (χ1v) is 5.32. The largest absolute Gasteiger partial charge is 0.507 e. The Morgan fingerprint density at radius 1 is 1.16 bits per heavy atom. The topological polar surface area (TPSA) is 42.4 Å². The second kappa shape index (κ2) is 4.79. The van der Waals surface area contributed by atoms with E-state index in [4.69, 9.17) is 4.74 Å². The Morgan fingerprint density at radius 3 is 2.37 bits per heavy atom. The van der Waals surface area contributed by atoms with Gasteiger partial charge in [-0.25, -0.2) is 4.98 Å². The molecule has 1 heterocycles. The molecule has 0 fully saturated rings. The zero-order valence-corrected chi connectivity index (χ0v) is 9.90. The molecular formula is C13H10F3NO2. The summed E-state index contributed by atoms with van der Waals surface area (Å²) in [4.78, 5) is 3.93. The Bertz CT molecular complexity index is 579. The van der Waals surface area contributed by atoms with Crippen LogP contribution in [0, 0.1) is 0 Å². The van der Waals surface area contributed by atoms with Crippen molar-refractivity contribution in [2.45, 2.75) is 6.18 Å². The third-order valence-corrected chi connectivity index (χ3v) is 2.58. The molecule has 0 atom stereocenters. The standard InChI is InChI=1S/C13H10F3NO2/c1-19-12-5-2-8(7-17-12)10-4-3-9(6-11(10)18)13(14,15)16/h2-7,18H,1H3. The molecule has 6 heteroatoms. The summed E-state index contributed by atoms with van der Waals surface area (Å²) >= 11 is 0. The number of aromatic hydroxyl groups is 1. The second-order valence-corrected chi connectivity index (χ2v) is 3.82. The van der Waals surface area contributed by atoms with E-state index in [0.29, 0.717) is 17.5 Å². The first kappa shape index (κ1) is 13.2. The Balaban J connectivity index is 2.40. The second-order valence-electron chi connectivity index (χ2n) is 3.82. The Hall–Kier alpha value is -2.24. The predicted octanol–water partition coefficient (Wildman–Crippen LogP) is 3.48. The molecule has 3 nitrogen and oxygen atoms in total. The van der Waals surface area contributed by atoms with E-state index in [-0.39, 0.29) is 5.56 Å². The molecule has 0 saturated carbocycles. The minimum atomic E-state index is -4.48. The fourth-order valence-corrected chi connectivity index (χ4v) is 1.61. The maximum absolute atomic E-state index is 12.5. The van der Waals surface area contributed by atoms with E-state index in [1.165, 1.54) is 19.4 Å². The number of aromatic nitrogens is 1. The van der Waals surface area contributed by atoms with Gasteiger partial charge in [0.1, 0.15) is 5.75 Å². The summed E-state index contributed by atoms with van der Waals surface area (Å²) in [6, 6.07) is 5.99. The SMILES string of the molecule is COc1ccc(-c2ccc(C(F)(F)F)cc2O)cn1. The molecule has 0 bridgehead atoms. The Kier molecular flexibility index (Phi) is 3.33. The highest BCUT2D eigenvalue weighted by molar-refractivity contribution is 5.70. The lowest BCUT2D eigenvalue weighted by Gasteiger charge is -2.10. The number of phenols is 1. The van der Waals surface area contributed by atoms with Crippen molar-refractivity contribution in [3.05, 3.63) is 42.1 Å². The zero-order valence-electron chi connectivity index (χ0n) is 9.90. The van der Waals surface area contributed by atoms with Crippen molar-refractivity contribution in [2.75, 3.05) is 7.11 Å². The summed E-state index contributed by atoms with van der Waals surface area (Å²) in [5.41, 5.74) is -0.106. The van der Waals surface area contributed by atoms with Crippen LogP contribution in [0.15, 0.2) is 36.5 Å². The fraction of sp³-hybridized carbons (Fsp3) is 0.154. The van der Waals surface area contributed by atoms with Crippen LogP contribution in [-0.4, -0.2) is 17.2 Å². The summed E-state index contributed by atoms with van der Waals surface area (Å²) in [7, 11) is 1.46. The molecule has 1 N–H and O–H groups in total. The highest BCUT2D eigenvalue weighted by Gasteiger charge is 2.31. The van der Waals surface area contributed by atoms with Crippen molar-refractivity contribution in [2.24, 2.45) is 0 Å². The van der Waals surface area contributed by atoms with Crippen LogP contribution in [0.2, 0.25) is 0 Å². The molecule has 1 aromatic carbocycles. The third-order valence-electron chi connectivity index (χ3n) is 2.58. The number of nitrogens with zero attached hydrogens (tertiary/aromatic N) is 1. The van der Waals surface area contributed by atoms with Gasteiger partial charge in [0.25, 0.3) is 0 Å². The molecular weight excluding hydrogens is 259 g/mol. The van der Waals surface area contributed by atoms with Crippen LogP contribution in [0.3, 0.4) is 0 Å². The van der Waals surface area contributed by atoms with Gasteiger partial charge in [0.05, 0.1) is 12.7 Å². The van der Waals surface area contributed by atoms with Gasteiger partial charge in [-0.05, 0) is 18.2 Å². The van der Waals surface area contributed by atoms with E-state index >= 15 is 0 Å². The van der Waals surface area contributed by atoms with Crippen molar-refractivity contribution in [1.29, 1.82) is 0 Å². The summed E-state index contributed by atoms with van der Waals surface area (Å²) in [6.45, 7) is 0. The van der Waals surface area contributed by atoms with Crippen molar-refractivity contribution in [1.82, 2.24) is 4.98 Å². The molecule has 2 aromatic rings. The quantitative estimate of drug-likeness (QED) is 0.907. The summed E-state index contributed by atoms with van der Waals surface area (Å²) in [5.74, 6) is -0.0584. The number of alkyl halides is 3. The Labute approximate surface area is 107 Å². The smallest absolute Gasteiger partial charge is 0.416 e.